The second kappa shape index (κ2) is 5.03. The van der Waals surface area contributed by atoms with Crippen LogP contribution in [0.15, 0.2) is 6.07 Å². The summed E-state index contributed by atoms with van der Waals surface area (Å²) in [5.74, 6) is -1.33. The van der Waals surface area contributed by atoms with E-state index in [0.717, 1.165) is 6.07 Å². The number of nitrogen functional groups attached to an aromatic ring is 1. The number of nitrogens with zero attached hydrogens (tertiary/aromatic N) is 2. The molecule has 0 saturated heterocycles. The molecular formula is C9H6F5N3O. The topological polar surface area (TPSA) is 71.9 Å². The first kappa shape index (κ1) is 14.0. The number of nitriles is 1. The molecule has 0 bridgehead atoms. The summed E-state index contributed by atoms with van der Waals surface area (Å²) in [6.07, 6.45) is -8.82. The van der Waals surface area contributed by atoms with Crippen LogP contribution in [0.2, 0.25) is 0 Å². The number of rotatable bonds is 3. The fourth-order valence-electron chi connectivity index (χ4n) is 1.18. The number of ether oxygens (including phenoxy) is 1. The molecule has 4 nitrogen and oxygen atoms in total. The van der Waals surface area contributed by atoms with Crippen LogP contribution < -0.4 is 10.5 Å². The molecule has 9 heteroatoms. The second-order valence-electron chi connectivity index (χ2n) is 3.11. The SMILES string of the molecule is N#CCc1cc(N)c(C(F)F)c(OC(F)(F)F)n1. The third-order valence-electron chi connectivity index (χ3n) is 1.80. The molecule has 0 aromatic carbocycles. The van der Waals surface area contributed by atoms with Gasteiger partial charge in [-0.1, -0.05) is 0 Å². The van der Waals surface area contributed by atoms with Crippen molar-refractivity contribution in [3.8, 4) is 11.9 Å². The number of aromatic nitrogens is 1. The van der Waals surface area contributed by atoms with Gasteiger partial charge in [-0.05, 0) is 6.07 Å². The zero-order valence-corrected chi connectivity index (χ0v) is 8.63. The van der Waals surface area contributed by atoms with Crippen molar-refractivity contribution >= 4 is 5.69 Å². The summed E-state index contributed by atoms with van der Waals surface area (Å²) >= 11 is 0. The van der Waals surface area contributed by atoms with Crippen LogP contribution >= 0.6 is 0 Å². The quantitative estimate of drug-likeness (QED) is 0.854. The Morgan fingerprint density at radius 3 is 2.50 bits per heavy atom. The van der Waals surface area contributed by atoms with Gasteiger partial charge in [0.15, 0.2) is 0 Å². The van der Waals surface area contributed by atoms with Gasteiger partial charge in [0.05, 0.1) is 18.2 Å². The van der Waals surface area contributed by atoms with Crippen molar-refractivity contribution in [1.29, 1.82) is 5.26 Å². The Morgan fingerprint density at radius 1 is 1.44 bits per heavy atom. The predicted molar refractivity (Wildman–Crippen MR) is 49.6 cm³/mol. The summed E-state index contributed by atoms with van der Waals surface area (Å²) in [4.78, 5) is 3.21. The minimum Gasteiger partial charge on any atom is -0.398 e. The van der Waals surface area contributed by atoms with Gasteiger partial charge in [-0.2, -0.15) is 5.26 Å². The molecule has 0 aliphatic heterocycles. The van der Waals surface area contributed by atoms with Crippen LogP contribution in [-0.2, 0) is 6.42 Å². The van der Waals surface area contributed by atoms with Gasteiger partial charge < -0.3 is 10.5 Å². The molecule has 0 unspecified atom stereocenters. The highest BCUT2D eigenvalue weighted by Crippen LogP contribution is 2.35. The Bertz CT molecular complexity index is 480. The van der Waals surface area contributed by atoms with Crippen LogP contribution in [0.4, 0.5) is 27.6 Å². The van der Waals surface area contributed by atoms with Gasteiger partial charge in [0.1, 0.15) is 5.56 Å². The van der Waals surface area contributed by atoms with Crippen LogP contribution in [0.3, 0.4) is 0 Å². The van der Waals surface area contributed by atoms with E-state index in [1.807, 2.05) is 0 Å². The Balaban J connectivity index is 3.29. The summed E-state index contributed by atoms with van der Waals surface area (Å²) < 4.78 is 64.5. The number of nitrogens with two attached hydrogens (primary N) is 1. The van der Waals surface area contributed by atoms with Crippen molar-refractivity contribution in [3.63, 3.8) is 0 Å². The van der Waals surface area contributed by atoms with Gasteiger partial charge >= 0.3 is 6.36 Å². The molecule has 2 N–H and O–H groups in total. The molecule has 98 valence electrons. The summed E-state index contributed by atoms with van der Waals surface area (Å²) in [6, 6.07) is 2.52. The molecule has 0 aliphatic carbocycles. The Kier molecular flexibility index (Phi) is 3.90. The van der Waals surface area contributed by atoms with Crippen molar-refractivity contribution in [2.75, 3.05) is 5.73 Å². The third-order valence-corrected chi connectivity index (χ3v) is 1.80. The van der Waals surface area contributed by atoms with Gasteiger partial charge in [-0.15, -0.1) is 13.2 Å². The van der Waals surface area contributed by atoms with Crippen molar-refractivity contribution in [3.05, 3.63) is 17.3 Å². The largest absolute Gasteiger partial charge is 0.574 e. The first-order valence-corrected chi connectivity index (χ1v) is 4.44. The molecule has 0 fully saturated rings. The maximum atomic E-state index is 12.5. The van der Waals surface area contributed by atoms with Crippen LogP contribution in [-0.4, -0.2) is 11.3 Å². The number of hydrogen-bond donors (Lipinski definition) is 1. The van der Waals surface area contributed by atoms with E-state index in [1.165, 1.54) is 0 Å². The molecule has 1 heterocycles. The molecule has 0 atom stereocenters. The van der Waals surface area contributed by atoms with E-state index < -0.39 is 29.9 Å². The van der Waals surface area contributed by atoms with Gasteiger partial charge in [0.25, 0.3) is 6.43 Å². The molecule has 0 aliphatic rings. The lowest BCUT2D eigenvalue weighted by Crippen LogP contribution is -2.20. The first-order valence-electron chi connectivity index (χ1n) is 4.44. The third kappa shape index (κ3) is 3.44. The van der Waals surface area contributed by atoms with E-state index >= 15 is 0 Å². The summed E-state index contributed by atoms with van der Waals surface area (Å²) in [7, 11) is 0. The predicted octanol–water partition coefficient (Wildman–Crippen LogP) is 2.57. The van der Waals surface area contributed by atoms with E-state index in [4.69, 9.17) is 11.0 Å². The maximum Gasteiger partial charge on any atom is 0.574 e. The van der Waals surface area contributed by atoms with Gasteiger partial charge in [-0.3, -0.25) is 0 Å². The van der Waals surface area contributed by atoms with Gasteiger partial charge in [-0.25, -0.2) is 13.8 Å². The Labute approximate surface area is 97.8 Å². The number of hydrogen-bond acceptors (Lipinski definition) is 4. The van der Waals surface area contributed by atoms with E-state index in [9.17, 15) is 22.0 Å². The van der Waals surface area contributed by atoms with Crippen LogP contribution in [0.1, 0.15) is 17.7 Å². The van der Waals surface area contributed by atoms with Crippen molar-refractivity contribution in [2.45, 2.75) is 19.2 Å². The molecule has 0 saturated carbocycles. The maximum absolute atomic E-state index is 12.5. The number of halogens is 5. The fraction of sp³-hybridized carbons (Fsp3) is 0.333. The average molecular weight is 267 g/mol. The normalized spacial score (nSPS) is 11.4. The highest BCUT2D eigenvalue weighted by atomic mass is 19.4. The molecule has 0 amide bonds. The molecule has 1 aromatic rings. The molecule has 1 aromatic heterocycles. The lowest BCUT2D eigenvalue weighted by atomic mass is 10.2. The van der Waals surface area contributed by atoms with E-state index in [1.54, 1.807) is 6.07 Å². The number of pyridine rings is 1. The van der Waals surface area contributed by atoms with E-state index in [0.29, 0.717) is 0 Å². The molecule has 18 heavy (non-hydrogen) atoms. The van der Waals surface area contributed by atoms with Crippen molar-refractivity contribution in [1.82, 2.24) is 4.98 Å². The van der Waals surface area contributed by atoms with Crippen LogP contribution in [0.5, 0.6) is 5.88 Å². The Hall–Kier alpha value is -2.11. The molecule has 0 spiro atoms. The standard InChI is InChI=1S/C9H6F5N3O/c10-7(11)6-5(16)3-4(1-2-15)17-8(6)18-9(12,13)14/h3,7H,1H2,(H2,16,17). The smallest absolute Gasteiger partial charge is 0.398 e. The molecule has 1 rings (SSSR count). The molecule has 0 radical (unpaired) electrons. The minimum atomic E-state index is -5.17. The average Bonchev–Trinajstić information content (AvgIpc) is 2.13. The minimum absolute atomic E-state index is 0.182. The van der Waals surface area contributed by atoms with E-state index in [-0.39, 0.29) is 12.1 Å². The zero-order chi connectivity index (χ0) is 13.9. The fourth-order valence-corrected chi connectivity index (χ4v) is 1.18. The summed E-state index contributed by atoms with van der Waals surface area (Å²) in [6.45, 7) is 0. The van der Waals surface area contributed by atoms with Crippen LogP contribution in [0.25, 0.3) is 0 Å². The highest BCUT2D eigenvalue weighted by Gasteiger charge is 2.35. The second-order valence-corrected chi connectivity index (χ2v) is 3.11. The van der Waals surface area contributed by atoms with Crippen molar-refractivity contribution < 1.29 is 26.7 Å². The lowest BCUT2D eigenvalue weighted by Gasteiger charge is -2.14. The molecular weight excluding hydrogens is 261 g/mol. The number of anilines is 1. The van der Waals surface area contributed by atoms with Crippen LogP contribution in [0, 0.1) is 11.3 Å². The van der Waals surface area contributed by atoms with Crippen molar-refractivity contribution in [2.24, 2.45) is 0 Å². The highest BCUT2D eigenvalue weighted by molar-refractivity contribution is 5.53. The zero-order valence-electron chi connectivity index (χ0n) is 8.63. The van der Waals surface area contributed by atoms with E-state index in [2.05, 4.69) is 9.72 Å². The lowest BCUT2D eigenvalue weighted by molar-refractivity contribution is -0.276. The first-order chi connectivity index (χ1) is 8.24. The summed E-state index contributed by atoms with van der Waals surface area (Å²) in [5.41, 5.74) is 3.26. The monoisotopic (exact) mass is 267 g/mol. The van der Waals surface area contributed by atoms with Gasteiger partial charge in [0.2, 0.25) is 5.88 Å². The van der Waals surface area contributed by atoms with Gasteiger partial charge in [0, 0.05) is 5.69 Å². The summed E-state index contributed by atoms with van der Waals surface area (Å²) in [5, 5.41) is 8.37. The number of alkyl halides is 5. The Morgan fingerprint density at radius 2 is 2.06 bits per heavy atom.